The molecule has 0 bridgehead atoms. The van der Waals surface area contributed by atoms with Crippen molar-refractivity contribution in [1.29, 1.82) is 0 Å². The van der Waals surface area contributed by atoms with Gasteiger partial charge in [-0.1, -0.05) is 35.5 Å². The molecule has 0 saturated heterocycles. The number of oxime groups is 1. The van der Waals surface area contributed by atoms with Crippen molar-refractivity contribution in [2.75, 3.05) is 0 Å². The van der Waals surface area contributed by atoms with Crippen LogP contribution in [0.3, 0.4) is 0 Å². The largest absolute Gasteiger partial charge is 0.465 e. The van der Waals surface area contributed by atoms with E-state index in [2.05, 4.69) is 10.5 Å². The fraction of sp³-hybridized carbons (Fsp3) is 0.294. The second-order valence-corrected chi connectivity index (χ2v) is 5.60. The Balaban J connectivity index is 1.61. The van der Waals surface area contributed by atoms with E-state index >= 15 is 0 Å². The molecular formula is C17H18N2O3. The molecule has 1 aliphatic rings. The molecule has 0 radical (unpaired) electrons. The number of nitrogens with zero attached hydrogens (tertiary/aromatic N) is 1. The molecule has 0 spiro atoms. The van der Waals surface area contributed by atoms with Crippen molar-refractivity contribution in [2.24, 2.45) is 5.16 Å². The van der Waals surface area contributed by atoms with Gasteiger partial charge in [0.1, 0.15) is 11.5 Å². The van der Waals surface area contributed by atoms with Gasteiger partial charge in [-0.3, -0.25) is 4.79 Å². The molecule has 114 valence electrons. The predicted molar refractivity (Wildman–Crippen MR) is 82.4 cm³/mol. The molecule has 5 heteroatoms. The number of carbonyl (C=O) groups excluding carboxylic acids is 1. The molecule has 0 unspecified atom stereocenters. The molecule has 0 aliphatic carbocycles. The van der Waals surface area contributed by atoms with Gasteiger partial charge in [0.2, 0.25) is 5.60 Å². The lowest BCUT2D eigenvalue weighted by molar-refractivity contribution is -0.142. The van der Waals surface area contributed by atoms with Crippen molar-refractivity contribution in [1.82, 2.24) is 5.32 Å². The molecule has 0 saturated carbocycles. The van der Waals surface area contributed by atoms with E-state index in [-0.39, 0.29) is 5.91 Å². The summed E-state index contributed by atoms with van der Waals surface area (Å²) < 4.78 is 5.44. The van der Waals surface area contributed by atoms with E-state index in [9.17, 15) is 4.79 Å². The number of nitrogens with one attached hydrogen (secondary N) is 1. The molecular weight excluding hydrogens is 280 g/mol. The van der Waals surface area contributed by atoms with Crippen LogP contribution in [0.15, 0.2) is 52.0 Å². The molecule has 1 aliphatic heterocycles. The summed E-state index contributed by atoms with van der Waals surface area (Å²) in [7, 11) is 0. The van der Waals surface area contributed by atoms with Crippen molar-refractivity contribution in [3.63, 3.8) is 0 Å². The number of rotatable bonds is 4. The Morgan fingerprint density at radius 1 is 1.27 bits per heavy atom. The highest BCUT2D eigenvalue weighted by molar-refractivity contribution is 6.05. The van der Waals surface area contributed by atoms with E-state index in [4.69, 9.17) is 9.25 Å². The van der Waals surface area contributed by atoms with Gasteiger partial charge in [0, 0.05) is 6.42 Å². The summed E-state index contributed by atoms with van der Waals surface area (Å²) in [4.78, 5) is 17.8. The van der Waals surface area contributed by atoms with Crippen LogP contribution >= 0.6 is 0 Å². The molecule has 2 heterocycles. The molecule has 1 amide bonds. The first-order valence-corrected chi connectivity index (χ1v) is 7.21. The highest BCUT2D eigenvalue weighted by Gasteiger charge is 2.42. The molecule has 1 atom stereocenters. The minimum atomic E-state index is -0.979. The van der Waals surface area contributed by atoms with E-state index in [0.717, 1.165) is 22.8 Å². The third-order valence-corrected chi connectivity index (χ3v) is 3.67. The lowest BCUT2D eigenvalue weighted by Gasteiger charge is -2.20. The molecule has 1 aromatic carbocycles. The number of furan rings is 1. The Labute approximate surface area is 129 Å². The van der Waals surface area contributed by atoms with E-state index in [1.165, 1.54) is 0 Å². The van der Waals surface area contributed by atoms with Crippen LogP contribution in [0, 0.1) is 6.92 Å². The third-order valence-electron chi connectivity index (χ3n) is 3.67. The lowest BCUT2D eigenvalue weighted by atomic mass is 9.95. The maximum Gasteiger partial charge on any atom is 0.267 e. The topological polar surface area (TPSA) is 63.8 Å². The van der Waals surface area contributed by atoms with Crippen molar-refractivity contribution < 1.29 is 14.0 Å². The zero-order chi connectivity index (χ0) is 15.6. The normalized spacial score (nSPS) is 20.4. The maximum atomic E-state index is 12.4. The molecule has 5 nitrogen and oxygen atoms in total. The van der Waals surface area contributed by atoms with Gasteiger partial charge in [-0.2, -0.15) is 0 Å². The number of benzene rings is 1. The number of aryl methyl sites for hydroxylation is 1. The third kappa shape index (κ3) is 2.88. The van der Waals surface area contributed by atoms with Gasteiger partial charge >= 0.3 is 0 Å². The fourth-order valence-electron chi connectivity index (χ4n) is 2.38. The number of hydrogen-bond donors (Lipinski definition) is 1. The van der Waals surface area contributed by atoms with Crippen LogP contribution < -0.4 is 5.32 Å². The summed E-state index contributed by atoms with van der Waals surface area (Å²) in [5, 5.41) is 6.91. The molecule has 2 aromatic rings. The molecule has 22 heavy (non-hydrogen) atoms. The Morgan fingerprint density at radius 3 is 2.73 bits per heavy atom. The Bertz CT molecular complexity index is 706. The quantitative estimate of drug-likeness (QED) is 0.944. The van der Waals surface area contributed by atoms with Gasteiger partial charge in [0.25, 0.3) is 5.91 Å². The van der Waals surface area contributed by atoms with Gasteiger partial charge in [-0.25, -0.2) is 0 Å². The Kier molecular flexibility index (Phi) is 3.71. The summed E-state index contributed by atoms with van der Waals surface area (Å²) >= 11 is 0. The monoisotopic (exact) mass is 298 g/mol. The van der Waals surface area contributed by atoms with E-state index in [0.29, 0.717) is 13.0 Å². The van der Waals surface area contributed by atoms with Gasteiger partial charge in [0.15, 0.2) is 0 Å². The summed E-state index contributed by atoms with van der Waals surface area (Å²) in [5.41, 5.74) is 0.778. The molecule has 0 fully saturated rings. The van der Waals surface area contributed by atoms with Gasteiger partial charge in [-0.15, -0.1) is 0 Å². The highest BCUT2D eigenvalue weighted by Crippen LogP contribution is 2.26. The van der Waals surface area contributed by atoms with Gasteiger partial charge in [0.05, 0.1) is 12.3 Å². The first kappa shape index (κ1) is 14.4. The summed E-state index contributed by atoms with van der Waals surface area (Å²) in [6.45, 7) is 3.95. The number of hydrogen-bond acceptors (Lipinski definition) is 4. The van der Waals surface area contributed by atoms with Gasteiger partial charge < -0.3 is 14.6 Å². The first-order valence-electron chi connectivity index (χ1n) is 7.21. The maximum absolute atomic E-state index is 12.4. The zero-order valence-corrected chi connectivity index (χ0v) is 12.6. The van der Waals surface area contributed by atoms with Gasteiger partial charge in [-0.05, 0) is 31.5 Å². The van der Waals surface area contributed by atoms with Crippen molar-refractivity contribution >= 4 is 11.6 Å². The summed E-state index contributed by atoms with van der Waals surface area (Å²) in [6, 6.07) is 13.4. The number of amides is 1. The summed E-state index contributed by atoms with van der Waals surface area (Å²) in [6.07, 6.45) is 0.444. The summed E-state index contributed by atoms with van der Waals surface area (Å²) in [5.74, 6) is 1.34. The van der Waals surface area contributed by atoms with Crippen molar-refractivity contribution in [3.8, 4) is 0 Å². The molecule has 1 N–H and O–H groups in total. The SMILES string of the molecule is Cc1ccc(CNC(=O)[C@]2(C)CC(c3ccccc3)=NO2)o1. The minimum absolute atomic E-state index is 0.198. The van der Waals surface area contributed by atoms with Crippen molar-refractivity contribution in [3.05, 3.63) is 59.5 Å². The van der Waals surface area contributed by atoms with E-state index in [1.807, 2.05) is 49.4 Å². The zero-order valence-electron chi connectivity index (χ0n) is 12.6. The van der Waals surface area contributed by atoms with E-state index in [1.54, 1.807) is 6.92 Å². The lowest BCUT2D eigenvalue weighted by Crippen LogP contribution is -2.44. The fourth-order valence-corrected chi connectivity index (χ4v) is 2.38. The second-order valence-electron chi connectivity index (χ2n) is 5.60. The first-order chi connectivity index (χ1) is 10.6. The average Bonchev–Trinajstić information content (AvgIpc) is 3.13. The smallest absolute Gasteiger partial charge is 0.267 e. The van der Waals surface area contributed by atoms with Crippen LogP contribution in [0.5, 0.6) is 0 Å². The standard InChI is InChI=1S/C17H18N2O3/c1-12-8-9-14(21-12)11-18-16(20)17(2)10-15(19-22-17)13-6-4-3-5-7-13/h3-9H,10-11H2,1-2H3,(H,18,20)/t17-/m0/s1. The van der Waals surface area contributed by atoms with Crippen LogP contribution in [0.25, 0.3) is 0 Å². The van der Waals surface area contributed by atoms with Crippen LogP contribution in [-0.4, -0.2) is 17.2 Å². The Morgan fingerprint density at radius 2 is 2.05 bits per heavy atom. The van der Waals surface area contributed by atoms with E-state index < -0.39 is 5.60 Å². The van der Waals surface area contributed by atoms with Crippen LogP contribution in [-0.2, 0) is 16.2 Å². The van der Waals surface area contributed by atoms with Crippen LogP contribution in [0.2, 0.25) is 0 Å². The van der Waals surface area contributed by atoms with Crippen LogP contribution in [0.4, 0.5) is 0 Å². The molecule has 1 aromatic heterocycles. The Hall–Kier alpha value is -2.56. The van der Waals surface area contributed by atoms with Crippen LogP contribution in [0.1, 0.15) is 30.4 Å². The average molecular weight is 298 g/mol. The highest BCUT2D eigenvalue weighted by atomic mass is 16.7. The minimum Gasteiger partial charge on any atom is -0.465 e. The molecule has 3 rings (SSSR count). The predicted octanol–water partition coefficient (Wildman–Crippen LogP) is 2.79. The number of carbonyl (C=O) groups is 1. The van der Waals surface area contributed by atoms with Crippen molar-refractivity contribution in [2.45, 2.75) is 32.4 Å². The second kappa shape index (κ2) is 5.67.